The fraction of sp³-hybridized carbons (Fsp3) is 1.00. The van der Waals surface area contributed by atoms with Crippen LogP contribution in [0.1, 0.15) is 27.7 Å². The van der Waals surface area contributed by atoms with E-state index >= 15 is 0 Å². The zero-order valence-corrected chi connectivity index (χ0v) is 6.77. The standard InChI is InChI=1S/C7H17NO/c1-5-9-7(3,4)6(2)8/h6H,5,8H2,1-4H3/t6-/m1/s1. The Morgan fingerprint density at radius 1 is 1.56 bits per heavy atom. The fourth-order valence-corrected chi connectivity index (χ4v) is 0.503. The minimum absolute atomic E-state index is 0.0949. The van der Waals surface area contributed by atoms with Gasteiger partial charge in [0.1, 0.15) is 0 Å². The molecule has 2 N–H and O–H groups in total. The zero-order valence-electron chi connectivity index (χ0n) is 6.77. The first-order valence-corrected chi connectivity index (χ1v) is 3.40. The van der Waals surface area contributed by atoms with Crippen LogP contribution in [0.15, 0.2) is 0 Å². The molecule has 0 heterocycles. The lowest BCUT2D eigenvalue weighted by Crippen LogP contribution is -2.43. The summed E-state index contributed by atoms with van der Waals surface area (Å²) in [6, 6.07) is 0.0949. The van der Waals surface area contributed by atoms with Gasteiger partial charge in [-0.3, -0.25) is 0 Å². The summed E-state index contributed by atoms with van der Waals surface area (Å²) >= 11 is 0. The van der Waals surface area contributed by atoms with Crippen molar-refractivity contribution in [1.82, 2.24) is 0 Å². The van der Waals surface area contributed by atoms with Crippen molar-refractivity contribution in [3.63, 3.8) is 0 Å². The van der Waals surface area contributed by atoms with E-state index in [1.807, 2.05) is 27.7 Å². The molecule has 0 rings (SSSR count). The number of hydrogen-bond donors (Lipinski definition) is 1. The topological polar surface area (TPSA) is 35.2 Å². The Morgan fingerprint density at radius 2 is 2.00 bits per heavy atom. The average molecular weight is 131 g/mol. The molecule has 0 saturated carbocycles. The largest absolute Gasteiger partial charge is 0.374 e. The molecule has 0 aliphatic rings. The predicted octanol–water partition coefficient (Wildman–Crippen LogP) is 1.15. The molecule has 0 aromatic rings. The first-order valence-electron chi connectivity index (χ1n) is 3.40. The number of rotatable bonds is 3. The molecule has 0 aromatic carbocycles. The SMILES string of the molecule is CCOC(C)(C)[C@@H](C)N. The van der Waals surface area contributed by atoms with Crippen LogP contribution in [-0.2, 0) is 4.74 Å². The van der Waals surface area contributed by atoms with Crippen LogP contribution in [-0.4, -0.2) is 18.2 Å². The van der Waals surface area contributed by atoms with Gasteiger partial charge in [0.2, 0.25) is 0 Å². The molecule has 0 amide bonds. The maximum atomic E-state index is 5.63. The normalized spacial score (nSPS) is 15.7. The smallest absolute Gasteiger partial charge is 0.0773 e. The van der Waals surface area contributed by atoms with Gasteiger partial charge in [-0.1, -0.05) is 0 Å². The van der Waals surface area contributed by atoms with Gasteiger partial charge in [-0.05, 0) is 27.7 Å². The molecule has 2 heteroatoms. The van der Waals surface area contributed by atoms with E-state index < -0.39 is 0 Å². The highest BCUT2D eigenvalue weighted by molar-refractivity contribution is 4.78. The minimum atomic E-state index is -0.172. The van der Waals surface area contributed by atoms with Gasteiger partial charge in [0.25, 0.3) is 0 Å². The molecule has 2 nitrogen and oxygen atoms in total. The number of nitrogens with two attached hydrogens (primary N) is 1. The Labute approximate surface area is 57.4 Å². The lowest BCUT2D eigenvalue weighted by molar-refractivity contribution is -0.0248. The van der Waals surface area contributed by atoms with E-state index in [0.29, 0.717) is 0 Å². The van der Waals surface area contributed by atoms with Gasteiger partial charge >= 0.3 is 0 Å². The quantitative estimate of drug-likeness (QED) is 0.623. The molecule has 0 fully saturated rings. The predicted molar refractivity (Wildman–Crippen MR) is 39.4 cm³/mol. The fourth-order valence-electron chi connectivity index (χ4n) is 0.503. The van der Waals surface area contributed by atoms with Crippen molar-refractivity contribution >= 4 is 0 Å². The Hall–Kier alpha value is -0.0800. The first kappa shape index (κ1) is 8.92. The van der Waals surface area contributed by atoms with Gasteiger partial charge in [0.05, 0.1) is 5.60 Å². The Morgan fingerprint density at radius 3 is 2.11 bits per heavy atom. The third-order valence-electron chi connectivity index (χ3n) is 1.61. The summed E-state index contributed by atoms with van der Waals surface area (Å²) in [4.78, 5) is 0. The Bertz CT molecular complexity index is 79.0. The van der Waals surface area contributed by atoms with Gasteiger partial charge in [0, 0.05) is 12.6 Å². The molecule has 56 valence electrons. The molecule has 0 spiro atoms. The van der Waals surface area contributed by atoms with Crippen molar-refractivity contribution in [1.29, 1.82) is 0 Å². The molecular weight excluding hydrogens is 114 g/mol. The molecule has 9 heavy (non-hydrogen) atoms. The summed E-state index contributed by atoms with van der Waals surface area (Å²) in [6.45, 7) is 8.66. The Kier molecular flexibility index (Phi) is 3.15. The van der Waals surface area contributed by atoms with Crippen LogP contribution in [0.4, 0.5) is 0 Å². The highest BCUT2D eigenvalue weighted by Crippen LogP contribution is 2.11. The molecule has 0 radical (unpaired) electrons. The monoisotopic (exact) mass is 131 g/mol. The molecule has 0 bridgehead atoms. The molecule has 0 saturated heterocycles. The van der Waals surface area contributed by atoms with Gasteiger partial charge in [-0.15, -0.1) is 0 Å². The van der Waals surface area contributed by atoms with Crippen LogP contribution in [0.5, 0.6) is 0 Å². The summed E-state index contributed by atoms with van der Waals surface area (Å²) in [6.07, 6.45) is 0. The molecule has 0 aliphatic heterocycles. The maximum absolute atomic E-state index is 5.63. The van der Waals surface area contributed by atoms with Crippen molar-refractivity contribution in [2.75, 3.05) is 6.61 Å². The van der Waals surface area contributed by atoms with E-state index in [-0.39, 0.29) is 11.6 Å². The second-order valence-electron chi connectivity index (χ2n) is 2.83. The van der Waals surface area contributed by atoms with Crippen molar-refractivity contribution in [3.8, 4) is 0 Å². The number of ether oxygens (including phenoxy) is 1. The average Bonchev–Trinajstić information content (AvgIpc) is 1.65. The van der Waals surface area contributed by atoms with E-state index in [4.69, 9.17) is 10.5 Å². The van der Waals surface area contributed by atoms with E-state index in [9.17, 15) is 0 Å². The summed E-state index contributed by atoms with van der Waals surface area (Å²) in [5.74, 6) is 0. The summed E-state index contributed by atoms with van der Waals surface area (Å²) in [7, 11) is 0. The lowest BCUT2D eigenvalue weighted by atomic mass is 10.0. The van der Waals surface area contributed by atoms with Crippen LogP contribution < -0.4 is 5.73 Å². The van der Waals surface area contributed by atoms with E-state index in [1.54, 1.807) is 0 Å². The second-order valence-corrected chi connectivity index (χ2v) is 2.83. The van der Waals surface area contributed by atoms with Gasteiger partial charge < -0.3 is 10.5 Å². The third kappa shape index (κ3) is 2.82. The van der Waals surface area contributed by atoms with Crippen LogP contribution in [0, 0.1) is 0 Å². The molecular formula is C7H17NO. The van der Waals surface area contributed by atoms with Gasteiger partial charge in [0.15, 0.2) is 0 Å². The summed E-state index contributed by atoms with van der Waals surface area (Å²) in [5.41, 5.74) is 5.46. The van der Waals surface area contributed by atoms with Gasteiger partial charge in [-0.25, -0.2) is 0 Å². The highest BCUT2D eigenvalue weighted by Gasteiger charge is 2.21. The van der Waals surface area contributed by atoms with Crippen LogP contribution in [0.3, 0.4) is 0 Å². The van der Waals surface area contributed by atoms with E-state index in [0.717, 1.165) is 6.61 Å². The van der Waals surface area contributed by atoms with E-state index in [1.165, 1.54) is 0 Å². The lowest BCUT2D eigenvalue weighted by Gasteiger charge is -2.28. The van der Waals surface area contributed by atoms with E-state index in [2.05, 4.69) is 0 Å². The van der Waals surface area contributed by atoms with Crippen LogP contribution in [0.25, 0.3) is 0 Å². The summed E-state index contributed by atoms with van der Waals surface area (Å²) < 4.78 is 5.37. The zero-order chi connectivity index (χ0) is 7.49. The third-order valence-corrected chi connectivity index (χ3v) is 1.61. The molecule has 1 atom stereocenters. The van der Waals surface area contributed by atoms with Crippen molar-refractivity contribution in [2.24, 2.45) is 5.73 Å². The minimum Gasteiger partial charge on any atom is -0.374 e. The summed E-state index contributed by atoms with van der Waals surface area (Å²) in [5, 5.41) is 0. The van der Waals surface area contributed by atoms with Crippen molar-refractivity contribution in [2.45, 2.75) is 39.3 Å². The van der Waals surface area contributed by atoms with Crippen LogP contribution >= 0.6 is 0 Å². The van der Waals surface area contributed by atoms with Crippen molar-refractivity contribution in [3.05, 3.63) is 0 Å². The second kappa shape index (κ2) is 3.18. The molecule has 0 unspecified atom stereocenters. The Balaban J connectivity index is 3.70. The number of hydrogen-bond acceptors (Lipinski definition) is 2. The maximum Gasteiger partial charge on any atom is 0.0773 e. The van der Waals surface area contributed by atoms with Gasteiger partial charge in [-0.2, -0.15) is 0 Å². The molecule has 0 aliphatic carbocycles. The first-order chi connectivity index (χ1) is 4.00. The molecule has 0 aromatic heterocycles. The highest BCUT2D eigenvalue weighted by atomic mass is 16.5. The van der Waals surface area contributed by atoms with Crippen LogP contribution in [0.2, 0.25) is 0 Å². The van der Waals surface area contributed by atoms with Crippen molar-refractivity contribution < 1.29 is 4.74 Å².